The van der Waals surface area contributed by atoms with E-state index >= 15 is 0 Å². The Morgan fingerprint density at radius 3 is 2.29 bits per heavy atom. The summed E-state index contributed by atoms with van der Waals surface area (Å²) in [5.74, 6) is -0.889. The summed E-state index contributed by atoms with van der Waals surface area (Å²) < 4.78 is 77.9. The van der Waals surface area contributed by atoms with E-state index in [1.54, 1.807) is 5.10 Å². The molecule has 0 bridgehead atoms. The Balaban J connectivity index is 1.58. The summed E-state index contributed by atoms with van der Waals surface area (Å²) in [5, 5.41) is 19.4. The Morgan fingerprint density at radius 2 is 1.71 bits per heavy atom. The summed E-state index contributed by atoms with van der Waals surface area (Å²) >= 11 is 0. The number of alkyl halides is 6. The number of carbonyl (C=O) groups excluding carboxylic acids is 1. The first-order valence-corrected chi connectivity index (χ1v) is 9.28. The molecular formula is C19H17F6N5O. The molecule has 3 rings (SSSR count). The van der Waals surface area contributed by atoms with Crippen molar-refractivity contribution in [3.05, 3.63) is 46.8 Å². The fourth-order valence-electron chi connectivity index (χ4n) is 3.52. The lowest BCUT2D eigenvalue weighted by Crippen LogP contribution is -2.40. The molecule has 0 spiro atoms. The van der Waals surface area contributed by atoms with Crippen molar-refractivity contribution in [1.29, 1.82) is 5.26 Å². The molecule has 0 radical (unpaired) electrons. The van der Waals surface area contributed by atoms with Gasteiger partial charge < -0.3 is 10.6 Å². The molecule has 0 saturated heterocycles. The number of nitrogens with one attached hydrogen (secondary N) is 3. The highest BCUT2D eigenvalue weighted by Crippen LogP contribution is 2.34. The summed E-state index contributed by atoms with van der Waals surface area (Å²) in [6.07, 6.45) is -6.73. The molecule has 1 fully saturated rings. The Kier molecular flexibility index (Phi) is 6.15. The van der Waals surface area contributed by atoms with Crippen LogP contribution in [0.15, 0.2) is 24.4 Å². The fraction of sp³-hybridized carbons (Fsp3) is 0.421. The molecule has 1 aliphatic rings. The van der Waals surface area contributed by atoms with Gasteiger partial charge in [-0.05, 0) is 43.9 Å². The summed E-state index contributed by atoms with van der Waals surface area (Å²) in [7, 11) is 0. The Hall–Kier alpha value is -3.23. The number of aromatic amines is 1. The number of benzene rings is 1. The molecule has 1 heterocycles. The SMILES string of the molecule is N#Cc1ccc(NC2CCC(NC(=O)c3cn[nH]c3C(F)(F)F)CC2)cc1C(F)(F)F. The number of hydrogen-bond donors (Lipinski definition) is 3. The third-order valence-corrected chi connectivity index (χ3v) is 5.05. The van der Waals surface area contributed by atoms with Gasteiger partial charge in [-0.25, -0.2) is 0 Å². The van der Waals surface area contributed by atoms with Gasteiger partial charge in [0.25, 0.3) is 5.91 Å². The molecule has 12 heteroatoms. The Morgan fingerprint density at radius 1 is 1.06 bits per heavy atom. The van der Waals surface area contributed by atoms with E-state index < -0.39 is 40.6 Å². The first-order chi connectivity index (χ1) is 14.5. The first kappa shape index (κ1) is 22.5. The number of aromatic nitrogens is 2. The quantitative estimate of drug-likeness (QED) is 0.606. The van der Waals surface area contributed by atoms with Gasteiger partial charge in [0.05, 0.1) is 29.0 Å². The molecule has 1 saturated carbocycles. The van der Waals surface area contributed by atoms with E-state index in [0.29, 0.717) is 25.7 Å². The highest BCUT2D eigenvalue weighted by molar-refractivity contribution is 5.95. The number of H-pyrrole nitrogens is 1. The molecule has 1 aromatic carbocycles. The minimum atomic E-state index is -4.74. The summed E-state index contributed by atoms with van der Waals surface area (Å²) in [6, 6.07) is 4.33. The minimum Gasteiger partial charge on any atom is -0.382 e. The largest absolute Gasteiger partial charge is 0.433 e. The number of halogens is 6. The Bertz CT molecular complexity index is 983. The molecule has 1 aliphatic carbocycles. The minimum absolute atomic E-state index is 0.179. The predicted molar refractivity (Wildman–Crippen MR) is 96.9 cm³/mol. The van der Waals surface area contributed by atoms with Crippen LogP contribution in [0, 0.1) is 11.3 Å². The van der Waals surface area contributed by atoms with Crippen LogP contribution in [0.1, 0.15) is 52.9 Å². The molecule has 0 atom stereocenters. The lowest BCUT2D eigenvalue weighted by Gasteiger charge is -2.30. The van der Waals surface area contributed by atoms with Crippen molar-refractivity contribution in [2.24, 2.45) is 0 Å². The molecule has 3 N–H and O–H groups in total. The Labute approximate surface area is 172 Å². The van der Waals surface area contributed by atoms with Gasteiger partial charge in [-0.15, -0.1) is 0 Å². The van der Waals surface area contributed by atoms with Crippen LogP contribution in [-0.2, 0) is 12.4 Å². The van der Waals surface area contributed by atoms with Crippen molar-refractivity contribution in [3.8, 4) is 6.07 Å². The van der Waals surface area contributed by atoms with Crippen molar-refractivity contribution in [3.63, 3.8) is 0 Å². The maximum atomic E-state index is 13.1. The summed E-state index contributed by atoms with van der Waals surface area (Å²) in [4.78, 5) is 12.2. The van der Waals surface area contributed by atoms with Crippen LogP contribution in [0.4, 0.5) is 32.0 Å². The molecule has 0 unspecified atom stereocenters. The van der Waals surface area contributed by atoms with Gasteiger partial charge in [0.2, 0.25) is 0 Å². The molecule has 1 aromatic heterocycles. The predicted octanol–water partition coefficient (Wildman–Crippen LogP) is 4.47. The van der Waals surface area contributed by atoms with E-state index in [2.05, 4.69) is 15.7 Å². The average Bonchev–Trinajstić information content (AvgIpc) is 3.19. The van der Waals surface area contributed by atoms with Gasteiger partial charge in [-0.2, -0.15) is 36.7 Å². The zero-order valence-corrected chi connectivity index (χ0v) is 15.9. The summed E-state index contributed by atoms with van der Waals surface area (Å²) in [6.45, 7) is 0. The second kappa shape index (κ2) is 8.49. The molecule has 166 valence electrons. The number of carbonyl (C=O) groups is 1. The third-order valence-electron chi connectivity index (χ3n) is 5.05. The van der Waals surface area contributed by atoms with Gasteiger partial charge >= 0.3 is 12.4 Å². The second-order valence-corrected chi connectivity index (χ2v) is 7.19. The van der Waals surface area contributed by atoms with E-state index in [4.69, 9.17) is 5.26 Å². The molecule has 31 heavy (non-hydrogen) atoms. The van der Waals surface area contributed by atoms with E-state index in [1.807, 2.05) is 0 Å². The van der Waals surface area contributed by atoms with Crippen LogP contribution in [0.3, 0.4) is 0 Å². The zero-order chi connectivity index (χ0) is 22.8. The number of anilines is 1. The van der Waals surface area contributed by atoms with Crippen LogP contribution in [0.25, 0.3) is 0 Å². The van der Waals surface area contributed by atoms with Gasteiger partial charge in [0.1, 0.15) is 0 Å². The molecular weight excluding hydrogens is 428 g/mol. The number of rotatable bonds is 4. The van der Waals surface area contributed by atoms with E-state index in [9.17, 15) is 31.1 Å². The van der Waals surface area contributed by atoms with Crippen LogP contribution in [0.5, 0.6) is 0 Å². The molecule has 2 aromatic rings. The van der Waals surface area contributed by atoms with Crippen LogP contribution >= 0.6 is 0 Å². The van der Waals surface area contributed by atoms with Gasteiger partial charge in [0, 0.05) is 17.8 Å². The fourth-order valence-corrected chi connectivity index (χ4v) is 3.52. The van der Waals surface area contributed by atoms with Crippen LogP contribution < -0.4 is 10.6 Å². The number of nitrogens with zero attached hydrogens (tertiary/aromatic N) is 2. The maximum absolute atomic E-state index is 13.1. The van der Waals surface area contributed by atoms with Crippen molar-refractivity contribution >= 4 is 11.6 Å². The van der Waals surface area contributed by atoms with Crippen molar-refractivity contribution in [2.75, 3.05) is 5.32 Å². The highest BCUT2D eigenvalue weighted by Gasteiger charge is 2.38. The van der Waals surface area contributed by atoms with Crippen LogP contribution in [0.2, 0.25) is 0 Å². The van der Waals surface area contributed by atoms with Gasteiger partial charge in [-0.3, -0.25) is 9.89 Å². The monoisotopic (exact) mass is 445 g/mol. The molecule has 0 aliphatic heterocycles. The average molecular weight is 445 g/mol. The van der Waals surface area contributed by atoms with Crippen molar-refractivity contribution in [1.82, 2.24) is 15.5 Å². The number of amides is 1. The lowest BCUT2D eigenvalue weighted by atomic mass is 9.90. The normalized spacial score (nSPS) is 19.5. The zero-order valence-electron chi connectivity index (χ0n) is 15.9. The smallest absolute Gasteiger partial charge is 0.382 e. The topological polar surface area (TPSA) is 93.6 Å². The first-order valence-electron chi connectivity index (χ1n) is 9.28. The number of hydrogen-bond acceptors (Lipinski definition) is 4. The second-order valence-electron chi connectivity index (χ2n) is 7.19. The van der Waals surface area contributed by atoms with Crippen LogP contribution in [-0.4, -0.2) is 28.2 Å². The van der Waals surface area contributed by atoms with Crippen molar-refractivity contribution < 1.29 is 31.1 Å². The highest BCUT2D eigenvalue weighted by atomic mass is 19.4. The third kappa shape index (κ3) is 5.28. The molecule has 1 amide bonds. The van der Waals surface area contributed by atoms with Crippen molar-refractivity contribution in [2.45, 2.75) is 50.1 Å². The number of nitriles is 1. The molecule has 6 nitrogen and oxygen atoms in total. The summed E-state index contributed by atoms with van der Waals surface area (Å²) in [5.41, 5.74) is -3.10. The standard InChI is InChI=1S/C19H17F6N5O/c20-18(21,22)15-7-13(2-1-10(15)8-26)28-11-3-5-12(6-4-11)29-17(31)14-9-27-30-16(14)19(23,24)25/h1-2,7,9,11-12,28H,3-6H2,(H,27,30)(H,29,31). The van der Waals surface area contributed by atoms with E-state index in [0.717, 1.165) is 18.3 Å². The lowest BCUT2D eigenvalue weighted by molar-refractivity contribution is -0.141. The van der Waals surface area contributed by atoms with E-state index in [1.165, 1.54) is 12.1 Å². The van der Waals surface area contributed by atoms with Gasteiger partial charge in [0.15, 0.2) is 5.69 Å². The van der Waals surface area contributed by atoms with Gasteiger partial charge in [-0.1, -0.05) is 0 Å². The van der Waals surface area contributed by atoms with E-state index in [-0.39, 0.29) is 17.8 Å². The maximum Gasteiger partial charge on any atom is 0.433 e.